The Hall–Kier alpha value is -2.36. The van der Waals surface area contributed by atoms with Gasteiger partial charge < -0.3 is 5.32 Å². The van der Waals surface area contributed by atoms with E-state index in [0.717, 1.165) is 11.2 Å². The Kier molecular flexibility index (Phi) is 4.03. The summed E-state index contributed by atoms with van der Waals surface area (Å²) in [6.07, 6.45) is 2.44. The summed E-state index contributed by atoms with van der Waals surface area (Å²) in [6, 6.07) is 0. The topological polar surface area (TPSA) is 116 Å². The van der Waals surface area contributed by atoms with E-state index in [-0.39, 0.29) is 18.1 Å². The molecule has 2 rings (SSSR count). The molecule has 1 N–H and O–H groups in total. The summed E-state index contributed by atoms with van der Waals surface area (Å²) in [6.45, 7) is 3.74. The van der Waals surface area contributed by atoms with Gasteiger partial charge in [-0.05, 0) is 6.92 Å². The molecule has 0 saturated carbocycles. The van der Waals surface area contributed by atoms with Crippen LogP contribution in [0.2, 0.25) is 0 Å². The highest BCUT2D eigenvalue weighted by Crippen LogP contribution is 2.15. The fourth-order valence-corrected chi connectivity index (χ4v) is 2.08. The minimum absolute atomic E-state index is 0.0997. The lowest BCUT2D eigenvalue weighted by Crippen LogP contribution is -2.24. The van der Waals surface area contributed by atoms with Crippen LogP contribution in [0.25, 0.3) is 0 Å². The molecule has 106 valence electrons. The van der Waals surface area contributed by atoms with Crippen molar-refractivity contribution in [3.05, 3.63) is 27.5 Å². The lowest BCUT2D eigenvalue weighted by Gasteiger charge is -2.09. The number of anilines is 1. The minimum Gasteiger partial charge on any atom is -0.300 e. The molecule has 9 nitrogen and oxygen atoms in total. The maximum Gasteiger partial charge on any atom is 0.306 e. The first-order valence-corrected chi connectivity index (χ1v) is 6.55. The Morgan fingerprint density at radius 2 is 2.35 bits per heavy atom. The number of aromatic nitrogens is 4. The molecule has 0 fully saturated rings. The number of rotatable bonds is 5. The van der Waals surface area contributed by atoms with E-state index in [2.05, 4.69) is 20.6 Å². The average Bonchev–Trinajstić information content (AvgIpc) is 2.98. The Morgan fingerprint density at radius 3 is 2.90 bits per heavy atom. The highest BCUT2D eigenvalue weighted by atomic mass is 32.1. The van der Waals surface area contributed by atoms with E-state index in [1.807, 2.05) is 0 Å². The predicted octanol–water partition coefficient (Wildman–Crippen LogP) is 1.23. The van der Waals surface area contributed by atoms with Gasteiger partial charge in [0.15, 0.2) is 0 Å². The lowest BCUT2D eigenvalue weighted by atomic mass is 10.1. The fourth-order valence-electron chi connectivity index (χ4n) is 1.49. The number of carbonyl (C=O) groups is 1. The number of carbonyl (C=O) groups excluding carboxylic acids is 1. The van der Waals surface area contributed by atoms with Crippen LogP contribution in [0.5, 0.6) is 0 Å². The van der Waals surface area contributed by atoms with Gasteiger partial charge in [-0.3, -0.25) is 19.6 Å². The Balaban J connectivity index is 1.94. The number of hydrogen-bond donors (Lipinski definition) is 1. The number of nitrogens with one attached hydrogen (secondary N) is 1. The molecule has 0 aliphatic heterocycles. The maximum absolute atomic E-state index is 11.9. The van der Waals surface area contributed by atoms with Gasteiger partial charge in [0.2, 0.25) is 11.0 Å². The van der Waals surface area contributed by atoms with Crippen molar-refractivity contribution in [2.75, 3.05) is 5.32 Å². The molecule has 2 aromatic rings. The maximum atomic E-state index is 11.9. The van der Waals surface area contributed by atoms with Crippen molar-refractivity contribution in [3.8, 4) is 0 Å². The van der Waals surface area contributed by atoms with E-state index < -0.39 is 10.8 Å². The summed E-state index contributed by atoms with van der Waals surface area (Å²) < 4.78 is 1.37. The first-order valence-electron chi connectivity index (χ1n) is 5.73. The van der Waals surface area contributed by atoms with Gasteiger partial charge >= 0.3 is 5.69 Å². The molecule has 1 amide bonds. The van der Waals surface area contributed by atoms with E-state index in [4.69, 9.17) is 0 Å². The molecule has 0 unspecified atom stereocenters. The first-order chi connectivity index (χ1) is 9.45. The zero-order valence-corrected chi connectivity index (χ0v) is 11.6. The first kappa shape index (κ1) is 14.1. The van der Waals surface area contributed by atoms with Crippen molar-refractivity contribution in [3.63, 3.8) is 0 Å². The molecule has 0 radical (unpaired) electrons. The SMILES string of the molecule is Cc1nnc(NC(=O)[C@H](C)Cn2cc([N+](=O)[O-])cn2)s1. The fraction of sp³-hybridized carbons (Fsp3) is 0.400. The van der Waals surface area contributed by atoms with Gasteiger partial charge in [-0.15, -0.1) is 10.2 Å². The van der Waals surface area contributed by atoms with Crippen molar-refractivity contribution in [2.45, 2.75) is 20.4 Å². The third-order valence-corrected chi connectivity index (χ3v) is 3.25. The molecule has 2 heterocycles. The second kappa shape index (κ2) is 5.74. The van der Waals surface area contributed by atoms with Gasteiger partial charge in [-0.2, -0.15) is 5.10 Å². The van der Waals surface area contributed by atoms with Crippen LogP contribution in [0.15, 0.2) is 12.4 Å². The lowest BCUT2D eigenvalue weighted by molar-refractivity contribution is -0.385. The molecule has 0 aliphatic rings. The van der Waals surface area contributed by atoms with Crippen LogP contribution in [0.3, 0.4) is 0 Å². The van der Waals surface area contributed by atoms with Gasteiger partial charge in [-0.1, -0.05) is 18.3 Å². The molecule has 2 aromatic heterocycles. The summed E-state index contributed by atoms with van der Waals surface area (Å²) in [5, 5.41) is 25.8. The summed E-state index contributed by atoms with van der Waals surface area (Å²) in [5.74, 6) is -0.641. The largest absolute Gasteiger partial charge is 0.306 e. The van der Waals surface area contributed by atoms with Crippen molar-refractivity contribution in [1.82, 2.24) is 20.0 Å². The number of aryl methyl sites for hydroxylation is 1. The van der Waals surface area contributed by atoms with Gasteiger partial charge in [0.25, 0.3) is 0 Å². The Labute approximate surface area is 117 Å². The summed E-state index contributed by atoms with van der Waals surface area (Å²) in [4.78, 5) is 21.9. The number of hydrogen-bond acceptors (Lipinski definition) is 7. The molecular formula is C10H12N6O3S. The second-order valence-electron chi connectivity index (χ2n) is 4.19. The molecule has 1 atom stereocenters. The molecular weight excluding hydrogens is 284 g/mol. The van der Waals surface area contributed by atoms with Gasteiger partial charge in [-0.25, -0.2) is 0 Å². The number of nitro groups is 1. The molecule has 20 heavy (non-hydrogen) atoms. The molecule has 0 spiro atoms. The zero-order chi connectivity index (χ0) is 14.7. The molecule has 0 aliphatic carbocycles. The van der Waals surface area contributed by atoms with Crippen LogP contribution < -0.4 is 5.32 Å². The van der Waals surface area contributed by atoms with E-state index >= 15 is 0 Å². The zero-order valence-electron chi connectivity index (χ0n) is 10.8. The summed E-state index contributed by atoms with van der Waals surface area (Å²) in [7, 11) is 0. The Bertz CT molecular complexity index is 636. The van der Waals surface area contributed by atoms with Crippen molar-refractivity contribution >= 4 is 28.1 Å². The normalized spacial score (nSPS) is 12.1. The van der Waals surface area contributed by atoms with Crippen molar-refractivity contribution in [2.24, 2.45) is 5.92 Å². The van der Waals surface area contributed by atoms with Crippen LogP contribution in [-0.4, -0.2) is 30.8 Å². The number of amides is 1. The standard InChI is InChI=1S/C10H12N6O3S/c1-6(4-15-5-8(3-11-15)16(18)19)9(17)12-10-14-13-7(2)20-10/h3,5-6H,4H2,1-2H3,(H,12,14,17)/t6-/m1/s1. The van der Waals surface area contributed by atoms with E-state index in [9.17, 15) is 14.9 Å². The summed E-state index contributed by atoms with van der Waals surface area (Å²) in [5.41, 5.74) is -0.0997. The quantitative estimate of drug-likeness (QED) is 0.655. The van der Waals surface area contributed by atoms with Crippen molar-refractivity contribution in [1.29, 1.82) is 0 Å². The van der Waals surface area contributed by atoms with E-state index in [0.29, 0.717) is 5.13 Å². The summed E-state index contributed by atoms with van der Waals surface area (Å²) >= 11 is 1.28. The van der Waals surface area contributed by atoms with Gasteiger partial charge in [0, 0.05) is 0 Å². The minimum atomic E-state index is -0.530. The third-order valence-electron chi connectivity index (χ3n) is 2.50. The monoisotopic (exact) mass is 296 g/mol. The second-order valence-corrected chi connectivity index (χ2v) is 5.38. The molecule has 10 heteroatoms. The number of nitrogens with zero attached hydrogens (tertiary/aromatic N) is 5. The Morgan fingerprint density at radius 1 is 1.60 bits per heavy atom. The van der Waals surface area contributed by atoms with Crippen LogP contribution in [0, 0.1) is 23.0 Å². The average molecular weight is 296 g/mol. The molecule has 0 bridgehead atoms. The van der Waals surface area contributed by atoms with Gasteiger partial charge in [0.05, 0.1) is 17.4 Å². The molecule has 0 aromatic carbocycles. The van der Waals surface area contributed by atoms with E-state index in [1.54, 1.807) is 13.8 Å². The highest BCUT2D eigenvalue weighted by molar-refractivity contribution is 7.15. The van der Waals surface area contributed by atoms with Crippen molar-refractivity contribution < 1.29 is 9.72 Å². The van der Waals surface area contributed by atoms with Crippen LogP contribution in [0.4, 0.5) is 10.8 Å². The van der Waals surface area contributed by atoms with Crippen LogP contribution >= 0.6 is 11.3 Å². The van der Waals surface area contributed by atoms with Gasteiger partial charge in [0.1, 0.15) is 17.4 Å². The van der Waals surface area contributed by atoms with E-state index in [1.165, 1.54) is 22.2 Å². The third kappa shape index (κ3) is 3.35. The predicted molar refractivity (Wildman–Crippen MR) is 71.3 cm³/mol. The van der Waals surface area contributed by atoms with Crippen LogP contribution in [-0.2, 0) is 11.3 Å². The smallest absolute Gasteiger partial charge is 0.300 e. The van der Waals surface area contributed by atoms with Crippen LogP contribution in [0.1, 0.15) is 11.9 Å². The highest BCUT2D eigenvalue weighted by Gasteiger charge is 2.17. The molecule has 0 saturated heterocycles.